The number of halogens is 1. The van der Waals surface area contributed by atoms with Gasteiger partial charge in [-0.15, -0.1) is 0 Å². The Morgan fingerprint density at radius 2 is 1.71 bits per heavy atom. The van der Waals surface area contributed by atoms with Crippen LogP contribution >= 0.6 is 0 Å². The summed E-state index contributed by atoms with van der Waals surface area (Å²) in [6.45, 7) is 2.92. The van der Waals surface area contributed by atoms with E-state index in [0.717, 1.165) is 11.3 Å². The Balaban J connectivity index is 1.50. The number of carboxylic acid groups (broad SMARTS) is 1. The van der Waals surface area contributed by atoms with Gasteiger partial charge in [-0.2, -0.15) is 0 Å². The molecule has 10 heteroatoms. The Labute approximate surface area is 201 Å². The molecule has 2 N–H and O–H groups in total. The molecule has 0 amide bonds. The molecule has 1 saturated heterocycles. The van der Waals surface area contributed by atoms with Gasteiger partial charge in [0.15, 0.2) is 5.96 Å². The van der Waals surface area contributed by atoms with E-state index in [1.54, 1.807) is 42.5 Å². The number of non-ortho nitro benzene ring substituents is 1. The number of carbonyl (C=O) groups is 1. The average Bonchev–Trinajstić information content (AvgIpc) is 2.88. The number of nitrogens with one attached hydrogen (secondary N) is 1. The lowest BCUT2D eigenvalue weighted by Gasteiger charge is -2.37. The normalized spacial score (nSPS) is 14.0. The van der Waals surface area contributed by atoms with Gasteiger partial charge in [0.05, 0.1) is 17.0 Å². The van der Waals surface area contributed by atoms with Crippen LogP contribution in [0.15, 0.2) is 77.8 Å². The number of rotatable bonds is 6. The van der Waals surface area contributed by atoms with Gasteiger partial charge in [0.25, 0.3) is 5.69 Å². The van der Waals surface area contributed by atoms with E-state index in [-0.39, 0.29) is 17.1 Å². The van der Waals surface area contributed by atoms with Gasteiger partial charge in [0.2, 0.25) is 0 Å². The molecule has 0 bridgehead atoms. The minimum absolute atomic E-state index is 0.0513. The third-order valence-electron chi connectivity index (χ3n) is 5.70. The van der Waals surface area contributed by atoms with Crippen LogP contribution in [0, 0.1) is 15.9 Å². The van der Waals surface area contributed by atoms with Crippen LogP contribution < -0.4 is 10.2 Å². The minimum atomic E-state index is -1.02. The highest BCUT2D eigenvalue weighted by molar-refractivity contribution is 5.96. The second-order valence-corrected chi connectivity index (χ2v) is 8.02. The maximum atomic E-state index is 13.3. The van der Waals surface area contributed by atoms with E-state index in [1.165, 1.54) is 30.3 Å². The Kier molecular flexibility index (Phi) is 7.20. The largest absolute Gasteiger partial charge is 0.478 e. The van der Waals surface area contributed by atoms with Gasteiger partial charge in [0.1, 0.15) is 5.82 Å². The molecule has 0 atom stereocenters. The molecule has 3 aromatic carbocycles. The summed E-state index contributed by atoms with van der Waals surface area (Å²) in [7, 11) is 0. The maximum Gasteiger partial charge on any atom is 0.335 e. The van der Waals surface area contributed by atoms with E-state index in [0.29, 0.717) is 44.4 Å². The van der Waals surface area contributed by atoms with Crippen molar-refractivity contribution in [2.75, 3.05) is 36.4 Å². The van der Waals surface area contributed by atoms with E-state index in [4.69, 9.17) is 4.99 Å². The summed E-state index contributed by atoms with van der Waals surface area (Å²) >= 11 is 0. The summed E-state index contributed by atoms with van der Waals surface area (Å²) < 4.78 is 13.3. The average molecular weight is 477 g/mol. The molecule has 35 heavy (non-hydrogen) atoms. The molecule has 0 unspecified atom stereocenters. The number of benzene rings is 3. The van der Waals surface area contributed by atoms with Gasteiger partial charge in [-0.3, -0.25) is 10.1 Å². The van der Waals surface area contributed by atoms with Crippen molar-refractivity contribution in [3.8, 4) is 0 Å². The maximum absolute atomic E-state index is 13.3. The number of guanidine groups is 1. The predicted octanol–water partition coefficient (Wildman–Crippen LogP) is 4.22. The lowest BCUT2D eigenvalue weighted by molar-refractivity contribution is -0.384. The zero-order chi connectivity index (χ0) is 24.8. The van der Waals surface area contributed by atoms with Crippen LogP contribution in [0.5, 0.6) is 0 Å². The summed E-state index contributed by atoms with van der Waals surface area (Å²) in [5, 5.41) is 23.5. The molecule has 1 heterocycles. The van der Waals surface area contributed by atoms with E-state index >= 15 is 0 Å². The fourth-order valence-corrected chi connectivity index (χ4v) is 3.80. The molecular weight excluding hydrogens is 453 g/mol. The van der Waals surface area contributed by atoms with E-state index in [2.05, 4.69) is 15.1 Å². The summed E-state index contributed by atoms with van der Waals surface area (Å²) in [6.07, 6.45) is 0. The van der Waals surface area contributed by atoms with Gasteiger partial charge in [-0.05, 0) is 48.0 Å². The molecule has 180 valence electrons. The number of nitro groups is 1. The fourth-order valence-electron chi connectivity index (χ4n) is 3.80. The van der Waals surface area contributed by atoms with Crippen molar-refractivity contribution in [2.45, 2.75) is 6.54 Å². The third kappa shape index (κ3) is 6.11. The second kappa shape index (κ2) is 10.6. The van der Waals surface area contributed by atoms with Crippen LogP contribution in [0.3, 0.4) is 0 Å². The quantitative estimate of drug-likeness (QED) is 0.237. The number of anilines is 2. The zero-order valence-corrected chi connectivity index (χ0v) is 18.8. The Bertz CT molecular complexity index is 1220. The first-order chi connectivity index (χ1) is 16.9. The Morgan fingerprint density at radius 3 is 2.34 bits per heavy atom. The van der Waals surface area contributed by atoms with E-state index in [1.807, 2.05) is 0 Å². The number of hydrogen-bond acceptors (Lipinski definition) is 5. The second-order valence-electron chi connectivity index (χ2n) is 8.02. The first kappa shape index (κ1) is 23.7. The van der Waals surface area contributed by atoms with Crippen LogP contribution in [0.25, 0.3) is 0 Å². The molecule has 0 radical (unpaired) electrons. The van der Waals surface area contributed by atoms with Crippen molar-refractivity contribution in [3.05, 3.63) is 99.9 Å². The number of carboxylic acids is 1. The number of piperazine rings is 1. The highest BCUT2D eigenvalue weighted by Crippen LogP contribution is 2.21. The summed E-state index contributed by atoms with van der Waals surface area (Å²) in [4.78, 5) is 30.8. The SMILES string of the molecule is O=C(O)c1cccc(NC(=NCc2ccc(F)cc2)N2CCN(c3ccc([N+](=O)[O-])cc3)CC2)c1. The van der Waals surface area contributed by atoms with Gasteiger partial charge in [-0.1, -0.05) is 18.2 Å². The Morgan fingerprint density at radius 1 is 1.03 bits per heavy atom. The van der Waals surface area contributed by atoms with Crippen LogP contribution in [0.4, 0.5) is 21.5 Å². The standard InChI is InChI=1S/C25H24FN5O4/c26-20-6-4-18(5-7-20)17-27-25(28-21-3-1-2-19(16-21)24(32)33)30-14-12-29(13-15-30)22-8-10-23(11-9-22)31(34)35/h1-11,16H,12-15,17H2,(H,27,28)(H,32,33). The molecule has 0 spiro atoms. The molecule has 1 aliphatic rings. The molecule has 0 saturated carbocycles. The number of aliphatic imine (C=N–C) groups is 1. The molecule has 1 fully saturated rings. The predicted molar refractivity (Wildman–Crippen MR) is 131 cm³/mol. The minimum Gasteiger partial charge on any atom is -0.478 e. The number of nitro benzene ring substituents is 1. The third-order valence-corrected chi connectivity index (χ3v) is 5.70. The molecule has 9 nitrogen and oxygen atoms in total. The van der Waals surface area contributed by atoms with Crippen molar-refractivity contribution in [1.82, 2.24) is 4.90 Å². The summed E-state index contributed by atoms with van der Waals surface area (Å²) in [5.74, 6) is -0.751. The van der Waals surface area contributed by atoms with E-state index < -0.39 is 10.9 Å². The van der Waals surface area contributed by atoms with Crippen LogP contribution in [0.1, 0.15) is 15.9 Å². The topological polar surface area (TPSA) is 111 Å². The summed E-state index contributed by atoms with van der Waals surface area (Å²) in [6, 6.07) is 19.1. The Hall–Kier alpha value is -4.47. The fraction of sp³-hybridized carbons (Fsp3) is 0.200. The van der Waals surface area contributed by atoms with Gasteiger partial charge < -0.3 is 20.2 Å². The molecule has 0 aromatic heterocycles. The van der Waals surface area contributed by atoms with Crippen molar-refractivity contribution in [1.29, 1.82) is 0 Å². The first-order valence-electron chi connectivity index (χ1n) is 11.0. The van der Waals surface area contributed by atoms with Gasteiger partial charge in [0, 0.05) is 49.7 Å². The smallest absolute Gasteiger partial charge is 0.335 e. The number of aromatic carboxylic acids is 1. The van der Waals surface area contributed by atoms with Crippen molar-refractivity contribution in [2.24, 2.45) is 4.99 Å². The van der Waals surface area contributed by atoms with Gasteiger partial charge >= 0.3 is 5.97 Å². The summed E-state index contributed by atoms with van der Waals surface area (Å²) in [5.41, 5.74) is 2.56. The molecule has 4 rings (SSSR count). The lowest BCUT2D eigenvalue weighted by atomic mass is 10.2. The molecular formula is C25H24FN5O4. The number of nitrogens with zero attached hydrogens (tertiary/aromatic N) is 4. The van der Waals surface area contributed by atoms with Crippen LogP contribution in [-0.2, 0) is 6.54 Å². The first-order valence-corrected chi connectivity index (χ1v) is 11.0. The zero-order valence-electron chi connectivity index (χ0n) is 18.8. The van der Waals surface area contributed by atoms with Gasteiger partial charge in [-0.25, -0.2) is 14.2 Å². The lowest BCUT2D eigenvalue weighted by Crippen LogP contribution is -2.50. The highest BCUT2D eigenvalue weighted by atomic mass is 19.1. The number of hydrogen-bond donors (Lipinski definition) is 2. The molecule has 0 aliphatic carbocycles. The highest BCUT2D eigenvalue weighted by Gasteiger charge is 2.21. The van der Waals surface area contributed by atoms with E-state index in [9.17, 15) is 24.4 Å². The van der Waals surface area contributed by atoms with Crippen molar-refractivity contribution >= 4 is 29.0 Å². The monoisotopic (exact) mass is 477 g/mol. The van der Waals surface area contributed by atoms with Crippen molar-refractivity contribution < 1.29 is 19.2 Å². The molecule has 1 aliphatic heterocycles. The van der Waals surface area contributed by atoms with Crippen molar-refractivity contribution in [3.63, 3.8) is 0 Å². The molecule has 3 aromatic rings. The van der Waals surface area contributed by atoms with Crippen LogP contribution in [-0.4, -0.2) is 53.0 Å². The van der Waals surface area contributed by atoms with Crippen LogP contribution in [0.2, 0.25) is 0 Å².